The number of rotatable bonds is 5. The Morgan fingerprint density at radius 3 is 3.12 bits per heavy atom. The Morgan fingerprint density at radius 1 is 1.46 bits per heavy atom. The van der Waals surface area contributed by atoms with Crippen molar-refractivity contribution in [3.05, 3.63) is 24.3 Å². The molecule has 0 spiro atoms. The summed E-state index contributed by atoms with van der Waals surface area (Å²) in [5, 5.41) is 8.47. The van der Waals surface area contributed by atoms with Crippen LogP contribution >= 0.6 is 11.8 Å². The van der Waals surface area contributed by atoms with Crippen molar-refractivity contribution in [3.8, 4) is 17.2 Å². The molecule has 1 aromatic heterocycles. The van der Waals surface area contributed by atoms with E-state index in [9.17, 15) is 4.79 Å². The summed E-state index contributed by atoms with van der Waals surface area (Å²) in [6, 6.07) is 7.44. The van der Waals surface area contributed by atoms with Gasteiger partial charge in [-0.25, -0.2) is 0 Å². The fraction of sp³-hybridized carbons (Fsp3) is 0.471. The third-order valence-corrected chi connectivity index (χ3v) is 4.86. The van der Waals surface area contributed by atoms with Gasteiger partial charge in [-0.2, -0.15) is 0 Å². The molecule has 7 heteroatoms. The van der Waals surface area contributed by atoms with E-state index >= 15 is 0 Å². The second kappa shape index (κ2) is 7.70. The van der Waals surface area contributed by atoms with Crippen molar-refractivity contribution >= 4 is 17.7 Å². The molecule has 1 saturated heterocycles. The van der Waals surface area contributed by atoms with Gasteiger partial charge >= 0.3 is 0 Å². The number of carbonyl (C=O) groups excluding carboxylic acids is 1. The van der Waals surface area contributed by atoms with Gasteiger partial charge in [0.1, 0.15) is 5.75 Å². The predicted octanol–water partition coefficient (Wildman–Crippen LogP) is 3.10. The summed E-state index contributed by atoms with van der Waals surface area (Å²) in [7, 11) is 1.61. The van der Waals surface area contributed by atoms with Gasteiger partial charge in [-0.15, -0.1) is 10.2 Å². The number of ether oxygens (including phenoxy) is 1. The molecule has 0 saturated carbocycles. The molecule has 6 nitrogen and oxygen atoms in total. The van der Waals surface area contributed by atoms with Crippen molar-refractivity contribution in [1.82, 2.24) is 15.1 Å². The van der Waals surface area contributed by atoms with E-state index in [4.69, 9.17) is 9.15 Å². The van der Waals surface area contributed by atoms with Crippen molar-refractivity contribution in [1.29, 1.82) is 0 Å². The van der Waals surface area contributed by atoms with Crippen LogP contribution in [0.3, 0.4) is 0 Å². The van der Waals surface area contributed by atoms with Crippen LogP contribution in [-0.4, -0.2) is 47.0 Å². The number of hydrogen-bond acceptors (Lipinski definition) is 6. The zero-order valence-corrected chi connectivity index (χ0v) is 14.7. The maximum absolute atomic E-state index is 12.3. The first kappa shape index (κ1) is 16.8. The monoisotopic (exact) mass is 347 g/mol. The number of thioether (sulfide) groups is 1. The molecule has 1 aliphatic rings. The molecule has 0 unspecified atom stereocenters. The third-order valence-electron chi connectivity index (χ3n) is 4.05. The van der Waals surface area contributed by atoms with Gasteiger partial charge in [0.15, 0.2) is 0 Å². The molecule has 24 heavy (non-hydrogen) atoms. The Morgan fingerprint density at radius 2 is 2.33 bits per heavy atom. The zero-order chi connectivity index (χ0) is 16.9. The predicted molar refractivity (Wildman–Crippen MR) is 92.0 cm³/mol. The van der Waals surface area contributed by atoms with Gasteiger partial charge in [-0.3, -0.25) is 4.79 Å². The van der Waals surface area contributed by atoms with E-state index in [0.29, 0.717) is 22.8 Å². The summed E-state index contributed by atoms with van der Waals surface area (Å²) < 4.78 is 10.8. The standard InChI is InChI=1S/C17H21N3O3S/c1-12-5-4-8-20(10-12)15(21)11-24-17-19-18-16(23-17)13-6-3-7-14(9-13)22-2/h3,6-7,9,12H,4-5,8,10-11H2,1-2H3/t12-/m1/s1. The Labute approximate surface area is 145 Å². The maximum Gasteiger partial charge on any atom is 0.277 e. The Balaban J connectivity index is 1.58. The van der Waals surface area contributed by atoms with Gasteiger partial charge < -0.3 is 14.1 Å². The molecule has 128 valence electrons. The molecule has 2 aromatic rings. The molecule has 0 bridgehead atoms. The number of likely N-dealkylation sites (tertiary alicyclic amines) is 1. The quantitative estimate of drug-likeness (QED) is 0.774. The normalized spacial score (nSPS) is 17.8. The van der Waals surface area contributed by atoms with Gasteiger partial charge in [0.05, 0.1) is 12.9 Å². The number of aromatic nitrogens is 2. The summed E-state index contributed by atoms with van der Waals surface area (Å²) in [6.07, 6.45) is 2.28. The van der Waals surface area contributed by atoms with E-state index in [-0.39, 0.29) is 5.91 Å². The van der Waals surface area contributed by atoms with Crippen molar-refractivity contribution in [2.24, 2.45) is 5.92 Å². The van der Waals surface area contributed by atoms with E-state index in [1.165, 1.54) is 18.2 Å². The number of methoxy groups -OCH3 is 1. The van der Waals surface area contributed by atoms with E-state index in [1.807, 2.05) is 29.2 Å². The molecule has 0 radical (unpaired) electrons. The van der Waals surface area contributed by atoms with Crippen molar-refractivity contribution in [2.45, 2.75) is 25.0 Å². The smallest absolute Gasteiger partial charge is 0.277 e. The molecular weight excluding hydrogens is 326 g/mol. The minimum Gasteiger partial charge on any atom is -0.497 e. The molecule has 1 atom stereocenters. The van der Waals surface area contributed by atoms with Crippen LogP contribution in [0.5, 0.6) is 5.75 Å². The lowest BCUT2D eigenvalue weighted by Crippen LogP contribution is -2.40. The fourth-order valence-corrected chi connectivity index (χ4v) is 3.44. The molecule has 1 fully saturated rings. The first-order valence-electron chi connectivity index (χ1n) is 8.04. The van der Waals surface area contributed by atoms with Crippen LogP contribution in [0.4, 0.5) is 0 Å². The molecule has 3 rings (SSSR count). The van der Waals surface area contributed by atoms with E-state index in [1.54, 1.807) is 7.11 Å². The van der Waals surface area contributed by atoms with Gasteiger partial charge in [-0.05, 0) is 37.0 Å². The molecule has 1 amide bonds. The maximum atomic E-state index is 12.3. The van der Waals surface area contributed by atoms with Crippen molar-refractivity contribution in [3.63, 3.8) is 0 Å². The highest BCUT2D eigenvalue weighted by Gasteiger charge is 2.21. The van der Waals surface area contributed by atoms with E-state index in [0.717, 1.165) is 30.8 Å². The third kappa shape index (κ3) is 4.08. The van der Waals surface area contributed by atoms with Crippen LogP contribution in [0.25, 0.3) is 11.5 Å². The number of hydrogen-bond donors (Lipinski definition) is 0. The molecular formula is C17H21N3O3S. The van der Waals surface area contributed by atoms with Gasteiger partial charge in [-0.1, -0.05) is 24.8 Å². The number of nitrogens with zero attached hydrogens (tertiary/aromatic N) is 3. The van der Waals surface area contributed by atoms with Crippen molar-refractivity contribution < 1.29 is 13.9 Å². The molecule has 2 heterocycles. The highest BCUT2D eigenvalue weighted by molar-refractivity contribution is 7.99. The summed E-state index contributed by atoms with van der Waals surface area (Å²) in [5.74, 6) is 2.19. The minimum absolute atomic E-state index is 0.132. The van der Waals surface area contributed by atoms with Crippen LogP contribution in [0, 0.1) is 5.92 Å². The molecule has 0 N–H and O–H groups in total. The van der Waals surface area contributed by atoms with E-state index < -0.39 is 0 Å². The largest absolute Gasteiger partial charge is 0.497 e. The van der Waals surface area contributed by atoms with Crippen LogP contribution in [0.1, 0.15) is 19.8 Å². The Hall–Kier alpha value is -2.02. The summed E-state index contributed by atoms with van der Waals surface area (Å²) in [4.78, 5) is 14.2. The Kier molecular flexibility index (Phi) is 5.40. The minimum atomic E-state index is 0.132. The average Bonchev–Trinajstić information content (AvgIpc) is 3.09. The van der Waals surface area contributed by atoms with Crippen LogP contribution in [0.2, 0.25) is 0 Å². The number of piperidine rings is 1. The highest BCUT2D eigenvalue weighted by atomic mass is 32.2. The SMILES string of the molecule is COc1cccc(-c2nnc(SCC(=O)N3CCC[C@@H](C)C3)o2)c1. The molecule has 0 aliphatic carbocycles. The summed E-state index contributed by atoms with van der Waals surface area (Å²) in [5.41, 5.74) is 0.796. The van der Waals surface area contributed by atoms with Gasteiger partial charge in [0.2, 0.25) is 11.8 Å². The molecule has 1 aliphatic heterocycles. The number of amides is 1. The summed E-state index contributed by atoms with van der Waals surface area (Å²) >= 11 is 1.29. The second-order valence-corrected chi connectivity index (χ2v) is 6.91. The highest BCUT2D eigenvalue weighted by Crippen LogP contribution is 2.26. The lowest BCUT2D eigenvalue weighted by atomic mass is 10.0. The van der Waals surface area contributed by atoms with Crippen LogP contribution < -0.4 is 4.74 Å². The van der Waals surface area contributed by atoms with Crippen LogP contribution in [0.15, 0.2) is 33.9 Å². The number of carbonyl (C=O) groups is 1. The second-order valence-electron chi connectivity index (χ2n) is 5.98. The topological polar surface area (TPSA) is 68.5 Å². The average molecular weight is 347 g/mol. The Bertz CT molecular complexity index is 704. The zero-order valence-electron chi connectivity index (χ0n) is 13.9. The summed E-state index contributed by atoms with van der Waals surface area (Å²) in [6.45, 7) is 3.88. The molecule has 1 aromatic carbocycles. The lowest BCUT2D eigenvalue weighted by Gasteiger charge is -2.30. The van der Waals surface area contributed by atoms with Gasteiger partial charge in [0.25, 0.3) is 5.22 Å². The lowest BCUT2D eigenvalue weighted by molar-refractivity contribution is -0.130. The number of benzene rings is 1. The van der Waals surface area contributed by atoms with E-state index in [2.05, 4.69) is 17.1 Å². The van der Waals surface area contributed by atoms with Crippen molar-refractivity contribution in [2.75, 3.05) is 26.0 Å². The fourth-order valence-electron chi connectivity index (χ4n) is 2.77. The first-order valence-corrected chi connectivity index (χ1v) is 9.03. The van der Waals surface area contributed by atoms with Crippen LogP contribution in [-0.2, 0) is 4.79 Å². The van der Waals surface area contributed by atoms with Gasteiger partial charge in [0, 0.05) is 18.7 Å². The first-order chi connectivity index (χ1) is 11.7.